The van der Waals surface area contributed by atoms with Gasteiger partial charge < -0.3 is 9.15 Å². The Balaban J connectivity index is 1.79. The summed E-state index contributed by atoms with van der Waals surface area (Å²) >= 11 is 0. The number of ether oxygens (including phenoxy) is 1. The maximum Gasteiger partial charge on any atom is 0.363 e. The molecule has 0 saturated carbocycles. The van der Waals surface area contributed by atoms with Crippen LogP contribution in [0.15, 0.2) is 74.7 Å². The molecule has 0 atom stereocenters. The average molecular weight is 335 g/mol. The molecule has 5 nitrogen and oxygen atoms in total. The second-order valence-corrected chi connectivity index (χ2v) is 5.33. The Morgan fingerprint density at radius 3 is 2.60 bits per heavy atom. The summed E-state index contributed by atoms with van der Waals surface area (Å²) in [5, 5.41) is 0.390. The fourth-order valence-corrected chi connectivity index (χ4v) is 2.50. The van der Waals surface area contributed by atoms with E-state index in [2.05, 4.69) is 4.99 Å². The summed E-state index contributed by atoms with van der Waals surface area (Å²) in [6.07, 6.45) is 2.52. The maximum absolute atomic E-state index is 13.8. The van der Waals surface area contributed by atoms with Gasteiger partial charge in [-0.25, -0.2) is 14.2 Å². The molecular formula is C19H10FNO4. The zero-order chi connectivity index (χ0) is 17.4. The molecule has 1 aliphatic heterocycles. The summed E-state index contributed by atoms with van der Waals surface area (Å²) in [5.74, 6) is -1.45. The van der Waals surface area contributed by atoms with Crippen molar-refractivity contribution in [1.82, 2.24) is 0 Å². The minimum absolute atomic E-state index is 0.0739. The van der Waals surface area contributed by atoms with Crippen molar-refractivity contribution < 1.29 is 18.3 Å². The Morgan fingerprint density at radius 2 is 1.76 bits per heavy atom. The van der Waals surface area contributed by atoms with Crippen LogP contribution in [-0.4, -0.2) is 11.9 Å². The lowest BCUT2D eigenvalue weighted by atomic mass is 10.1. The first-order valence-electron chi connectivity index (χ1n) is 7.41. The highest BCUT2D eigenvalue weighted by Gasteiger charge is 2.26. The van der Waals surface area contributed by atoms with Crippen LogP contribution >= 0.6 is 0 Å². The third-order valence-corrected chi connectivity index (χ3v) is 3.72. The molecule has 0 saturated heterocycles. The number of fused-ring (bicyclic) bond motifs is 1. The van der Waals surface area contributed by atoms with E-state index in [1.807, 2.05) is 0 Å². The molecule has 25 heavy (non-hydrogen) atoms. The third-order valence-electron chi connectivity index (χ3n) is 3.72. The van der Waals surface area contributed by atoms with E-state index < -0.39 is 11.8 Å². The fraction of sp³-hybridized carbons (Fsp3) is 0. The largest absolute Gasteiger partial charge is 0.463 e. The number of halogens is 1. The molecule has 3 aromatic rings. The van der Waals surface area contributed by atoms with E-state index in [0.717, 1.165) is 0 Å². The van der Waals surface area contributed by atoms with Gasteiger partial charge in [0.05, 0.1) is 16.5 Å². The van der Waals surface area contributed by atoms with Crippen molar-refractivity contribution in [2.24, 2.45) is 4.99 Å². The zero-order valence-electron chi connectivity index (χ0n) is 12.7. The number of cyclic esters (lactones) is 1. The SMILES string of the molecule is O=C1OC(c2ccccc2F)=NC1=Cc1coc2ccccc2c1=O. The number of benzene rings is 2. The highest BCUT2D eigenvalue weighted by atomic mass is 19.1. The van der Waals surface area contributed by atoms with Crippen molar-refractivity contribution in [2.45, 2.75) is 0 Å². The van der Waals surface area contributed by atoms with Crippen molar-refractivity contribution in [1.29, 1.82) is 0 Å². The number of hydrogen-bond donors (Lipinski definition) is 0. The lowest BCUT2D eigenvalue weighted by molar-refractivity contribution is -0.129. The van der Waals surface area contributed by atoms with Crippen LogP contribution in [0.4, 0.5) is 4.39 Å². The van der Waals surface area contributed by atoms with Crippen LogP contribution in [0.3, 0.4) is 0 Å². The van der Waals surface area contributed by atoms with Crippen LogP contribution < -0.4 is 5.43 Å². The van der Waals surface area contributed by atoms with Gasteiger partial charge in [-0.3, -0.25) is 4.79 Å². The van der Waals surface area contributed by atoms with E-state index >= 15 is 0 Å². The predicted octanol–water partition coefficient (Wildman–Crippen LogP) is 3.28. The van der Waals surface area contributed by atoms with E-state index in [-0.39, 0.29) is 28.2 Å². The lowest BCUT2D eigenvalue weighted by Crippen LogP contribution is -2.08. The number of aliphatic imine (C=N–C) groups is 1. The van der Waals surface area contributed by atoms with E-state index in [0.29, 0.717) is 11.0 Å². The summed E-state index contributed by atoms with van der Waals surface area (Å²) in [5.41, 5.74) is 0.283. The number of rotatable bonds is 2. The Hall–Kier alpha value is -3.54. The van der Waals surface area contributed by atoms with Gasteiger partial charge in [-0.05, 0) is 30.3 Å². The summed E-state index contributed by atoms with van der Waals surface area (Å²) < 4.78 is 24.2. The molecular weight excluding hydrogens is 325 g/mol. The molecule has 0 unspecified atom stereocenters. The molecule has 0 fully saturated rings. The quantitative estimate of drug-likeness (QED) is 0.532. The first kappa shape index (κ1) is 15.0. The molecule has 4 rings (SSSR count). The Bertz CT molecular complexity index is 1130. The highest BCUT2D eigenvalue weighted by molar-refractivity contribution is 6.13. The number of carbonyl (C=O) groups is 1. The number of carbonyl (C=O) groups excluding carboxylic acids is 1. The Kier molecular flexibility index (Phi) is 3.50. The minimum atomic E-state index is -0.759. The van der Waals surface area contributed by atoms with Gasteiger partial charge in [0.2, 0.25) is 5.90 Å². The van der Waals surface area contributed by atoms with Gasteiger partial charge in [0.1, 0.15) is 17.7 Å². The molecule has 2 aromatic carbocycles. The van der Waals surface area contributed by atoms with E-state index in [1.54, 1.807) is 30.3 Å². The van der Waals surface area contributed by atoms with E-state index in [9.17, 15) is 14.0 Å². The number of hydrogen-bond acceptors (Lipinski definition) is 5. The monoisotopic (exact) mass is 335 g/mol. The number of esters is 1. The lowest BCUT2D eigenvalue weighted by Gasteiger charge is -1.99. The molecule has 0 radical (unpaired) electrons. The molecule has 0 spiro atoms. The normalized spacial score (nSPS) is 15.5. The summed E-state index contributed by atoms with van der Waals surface area (Å²) in [4.78, 5) is 28.5. The van der Waals surface area contributed by atoms with Gasteiger partial charge >= 0.3 is 5.97 Å². The summed E-state index contributed by atoms with van der Waals surface area (Å²) in [7, 11) is 0. The molecule has 6 heteroatoms. The van der Waals surface area contributed by atoms with Crippen molar-refractivity contribution in [3.63, 3.8) is 0 Å². The topological polar surface area (TPSA) is 68.9 Å². The van der Waals surface area contributed by atoms with Crippen molar-refractivity contribution in [3.8, 4) is 0 Å². The molecule has 1 aromatic heterocycles. The molecule has 122 valence electrons. The number of nitrogens with zero attached hydrogens (tertiary/aromatic N) is 1. The fourth-order valence-electron chi connectivity index (χ4n) is 2.50. The van der Waals surface area contributed by atoms with Gasteiger partial charge in [-0.15, -0.1) is 0 Å². The van der Waals surface area contributed by atoms with Gasteiger partial charge in [-0.2, -0.15) is 0 Å². The van der Waals surface area contributed by atoms with Gasteiger partial charge in [0.25, 0.3) is 0 Å². The summed E-state index contributed by atoms with van der Waals surface area (Å²) in [6.45, 7) is 0. The van der Waals surface area contributed by atoms with E-state index in [1.165, 1.54) is 30.5 Å². The predicted molar refractivity (Wildman–Crippen MR) is 89.5 cm³/mol. The van der Waals surface area contributed by atoms with Crippen molar-refractivity contribution in [2.75, 3.05) is 0 Å². The van der Waals surface area contributed by atoms with Crippen LogP contribution in [0.5, 0.6) is 0 Å². The first-order chi connectivity index (χ1) is 12.1. The highest BCUT2D eigenvalue weighted by Crippen LogP contribution is 2.20. The van der Waals surface area contributed by atoms with Crippen molar-refractivity contribution in [3.05, 3.63) is 87.7 Å². The second-order valence-electron chi connectivity index (χ2n) is 5.33. The van der Waals surface area contributed by atoms with Gasteiger partial charge in [0, 0.05) is 0 Å². The van der Waals surface area contributed by atoms with E-state index in [4.69, 9.17) is 9.15 Å². The first-order valence-corrected chi connectivity index (χ1v) is 7.41. The Morgan fingerprint density at radius 1 is 1.00 bits per heavy atom. The smallest absolute Gasteiger partial charge is 0.363 e. The molecule has 1 aliphatic rings. The average Bonchev–Trinajstić information content (AvgIpc) is 2.98. The van der Waals surface area contributed by atoms with Crippen LogP contribution in [0.1, 0.15) is 11.1 Å². The molecule has 2 heterocycles. The maximum atomic E-state index is 13.8. The van der Waals surface area contributed by atoms with Crippen LogP contribution in [0, 0.1) is 5.82 Å². The molecule has 0 amide bonds. The summed E-state index contributed by atoms with van der Waals surface area (Å²) in [6, 6.07) is 12.6. The van der Waals surface area contributed by atoms with Crippen LogP contribution in [0.25, 0.3) is 17.0 Å². The molecule has 0 bridgehead atoms. The van der Waals surface area contributed by atoms with Gasteiger partial charge in [0.15, 0.2) is 11.1 Å². The third kappa shape index (κ3) is 2.63. The zero-order valence-corrected chi connectivity index (χ0v) is 12.7. The molecule has 0 aliphatic carbocycles. The van der Waals surface area contributed by atoms with Crippen LogP contribution in [0.2, 0.25) is 0 Å². The standard InChI is InChI=1S/C19H10FNO4/c20-14-7-3-1-5-12(14)18-21-15(19(23)25-18)9-11-10-24-16-8-4-2-6-13(16)17(11)22/h1-10H. The minimum Gasteiger partial charge on any atom is -0.463 e. The Labute approximate surface area is 140 Å². The second kappa shape index (κ2) is 5.83. The number of para-hydroxylation sites is 1. The van der Waals surface area contributed by atoms with Crippen LogP contribution in [-0.2, 0) is 9.53 Å². The van der Waals surface area contributed by atoms with Crippen molar-refractivity contribution >= 4 is 28.9 Å². The molecule has 0 N–H and O–H groups in total. The van der Waals surface area contributed by atoms with Gasteiger partial charge in [-0.1, -0.05) is 24.3 Å².